The SMILES string of the molecule is CCOC(=O)c1cc(CNC(=O)NC[C@H]2CN(Cc3ccc(Cl)c(Cl)c3)CCO2)ccc1F. The molecule has 2 amide bonds. The lowest BCUT2D eigenvalue weighted by Gasteiger charge is -2.33. The first-order valence-corrected chi connectivity index (χ1v) is 11.4. The summed E-state index contributed by atoms with van der Waals surface area (Å²) in [6.07, 6.45) is -0.159. The molecule has 10 heteroatoms. The molecule has 0 bridgehead atoms. The minimum absolute atomic E-state index is 0.132. The summed E-state index contributed by atoms with van der Waals surface area (Å²) >= 11 is 12.1. The van der Waals surface area contributed by atoms with Gasteiger partial charge in [0.15, 0.2) is 0 Å². The maximum atomic E-state index is 13.8. The van der Waals surface area contributed by atoms with Crippen LogP contribution in [0, 0.1) is 5.82 Å². The first kappa shape index (κ1) is 25.2. The Hall–Kier alpha value is -2.39. The second-order valence-electron chi connectivity index (χ2n) is 7.57. The molecule has 33 heavy (non-hydrogen) atoms. The molecule has 3 rings (SSSR count). The van der Waals surface area contributed by atoms with Gasteiger partial charge in [-0.1, -0.05) is 35.3 Å². The first-order valence-electron chi connectivity index (χ1n) is 10.6. The van der Waals surface area contributed by atoms with E-state index in [1.807, 2.05) is 12.1 Å². The fraction of sp³-hybridized carbons (Fsp3) is 0.391. The number of hydrogen-bond acceptors (Lipinski definition) is 5. The predicted molar refractivity (Wildman–Crippen MR) is 124 cm³/mol. The summed E-state index contributed by atoms with van der Waals surface area (Å²) in [7, 11) is 0. The highest BCUT2D eigenvalue weighted by atomic mass is 35.5. The lowest BCUT2D eigenvalue weighted by atomic mass is 10.1. The number of halogens is 3. The molecule has 1 saturated heterocycles. The summed E-state index contributed by atoms with van der Waals surface area (Å²) in [5.74, 6) is -1.40. The molecule has 0 radical (unpaired) electrons. The normalized spacial score (nSPS) is 16.3. The van der Waals surface area contributed by atoms with E-state index in [9.17, 15) is 14.0 Å². The van der Waals surface area contributed by atoms with Crippen LogP contribution in [0.1, 0.15) is 28.4 Å². The molecule has 0 aliphatic carbocycles. The highest BCUT2D eigenvalue weighted by Crippen LogP contribution is 2.23. The van der Waals surface area contributed by atoms with Crippen LogP contribution in [0.5, 0.6) is 0 Å². The highest BCUT2D eigenvalue weighted by Gasteiger charge is 2.21. The number of amides is 2. The molecule has 1 aliphatic rings. The molecule has 0 saturated carbocycles. The number of carbonyl (C=O) groups excluding carboxylic acids is 2. The number of nitrogens with one attached hydrogen (secondary N) is 2. The van der Waals surface area contributed by atoms with Gasteiger partial charge in [-0.15, -0.1) is 0 Å². The summed E-state index contributed by atoms with van der Waals surface area (Å²) in [5, 5.41) is 6.53. The maximum absolute atomic E-state index is 13.8. The number of rotatable bonds is 8. The number of morpholine rings is 1. The van der Waals surface area contributed by atoms with Gasteiger partial charge in [-0.05, 0) is 42.3 Å². The van der Waals surface area contributed by atoms with Crippen molar-refractivity contribution in [3.8, 4) is 0 Å². The van der Waals surface area contributed by atoms with Gasteiger partial charge in [0, 0.05) is 32.7 Å². The molecular weight excluding hydrogens is 472 g/mol. The molecule has 2 aromatic carbocycles. The van der Waals surface area contributed by atoms with Crippen LogP contribution in [-0.4, -0.2) is 55.9 Å². The van der Waals surface area contributed by atoms with Crippen molar-refractivity contribution in [2.45, 2.75) is 26.1 Å². The van der Waals surface area contributed by atoms with E-state index >= 15 is 0 Å². The first-order chi connectivity index (χ1) is 15.9. The molecule has 1 heterocycles. The van der Waals surface area contributed by atoms with Gasteiger partial charge >= 0.3 is 12.0 Å². The average Bonchev–Trinajstić information content (AvgIpc) is 2.80. The number of nitrogens with zero attached hydrogens (tertiary/aromatic N) is 1. The lowest BCUT2D eigenvalue weighted by Crippen LogP contribution is -2.48. The summed E-state index contributed by atoms with van der Waals surface area (Å²) in [6, 6.07) is 9.24. The van der Waals surface area contributed by atoms with Crippen molar-refractivity contribution in [1.29, 1.82) is 0 Å². The van der Waals surface area contributed by atoms with Crippen LogP contribution in [0.25, 0.3) is 0 Å². The second-order valence-corrected chi connectivity index (χ2v) is 8.39. The van der Waals surface area contributed by atoms with Gasteiger partial charge in [-0.25, -0.2) is 14.0 Å². The van der Waals surface area contributed by atoms with Crippen LogP contribution in [0.15, 0.2) is 36.4 Å². The molecule has 2 aromatic rings. The zero-order chi connectivity index (χ0) is 23.8. The maximum Gasteiger partial charge on any atom is 0.341 e. The fourth-order valence-electron chi connectivity index (χ4n) is 3.44. The molecule has 178 valence electrons. The monoisotopic (exact) mass is 497 g/mol. The highest BCUT2D eigenvalue weighted by molar-refractivity contribution is 6.42. The van der Waals surface area contributed by atoms with Crippen LogP contribution in [0.2, 0.25) is 10.0 Å². The Bertz CT molecular complexity index is 992. The van der Waals surface area contributed by atoms with Gasteiger partial charge < -0.3 is 20.1 Å². The van der Waals surface area contributed by atoms with Crippen molar-refractivity contribution in [2.24, 2.45) is 0 Å². The zero-order valence-corrected chi connectivity index (χ0v) is 19.7. The Kier molecular flexibility index (Phi) is 9.31. The minimum atomic E-state index is -0.735. The summed E-state index contributed by atoms with van der Waals surface area (Å²) in [4.78, 5) is 26.2. The van der Waals surface area contributed by atoms with E-state index in [1.54, 1.807) is 13.0 Å². The number of urea groups is 1. The van der Waals surface area contributed by atoms with Gasteiger partial charge in [0.05, 0.1) is 34.9 Å². The molecule has 1 atom stereocenters. The molecular formula is C23H26Cl2FN3O4. The standard InChI is InChI=1S/C23H26Cl2FN3O4/c1-2-32-22(30)18-9-15(4-6-21(18)26)11-27-23(31)28-12-17-14-29(7-8-33-17)13-16-3-5-19(24)20(25)10-16/h3-6,9-10,17H,2,7-8,11-14H2,1H3,(H2,27,28,31)/t17-/m0/s1. The Balaban J connectivity index is 1.44. The third-order valence-electron chi connectivity index (χ3n) is 5.08. The van der Waals surface area contributed by atoms with E-state index in [4.69, 9.17) is 32.7 Å². The number of esters is 1. The Labute approximate surface area is 202 Å². The Morgan fingerprint density at radius 1 is 1.15 bits per heavy atom. The average molecular weight is 498 g/mol. The van der Waals surface area contributed by atoms with Gasteiger partial charge in [-0.3, -0.25) is 4.90 Å². The van der Waals surface area contributed by atoms with E-state index in [2.05, 4.69) is 15.5 Å². The second kappa shape index (κ2) is 12.2. The molecule has 2 N–H and O–H groups in total. The third-order valence-corrected chi connectivity index (χ3v) is 5.82. The summed E-state index contributed by atoms with van der Waals surface area (Å²) < 4.78 is 24.4. The Morgan fingerprint density at radius 3 is 2.70 bits per heavy atom. The van der Waals surface area contributed by atoms with E-state index in [0.717, 1.165) is 12.1 Å². The third kappa shape index (κ3) is 7.57. The van der Waals surface area contributed by atoms with Crippen LogP contribution >= 0.6 is 23.2 Å². The molecule has 1 aliphatic heterocycles. The molecule has 0 aromatic heterocycles. The van der Waals surface area contributed by atoms with E-state index in [-0.39, 0.29) is 30.9 Å². The minimum Gasteiger partial charge on any atom is -0.462 e. The van der Waals surface area contributed by atoms with Crippen molar-refractivity contribution < 1.29 is 23.5 Å². The van der Waals surface area contributed by atoms with Crippen LogP contribution < -0.4 is 10.6 Å². The van der Waals surface area contributed by atoms with E-state index in [1.165, 1.54) is 18.2 Å². The van der Waals surface area contributed by atoms with Crippen molar-refractivity contribution in [2.75, 3.05) is 32.8 Å². The Morgan fingerprint density at radius 2 is 1.94 bits per heavy atom. The topological polar surface area (TPSA) is 79.9 Å². The van der Waals surface area contributed by atoms with E-state index < -0.39 is 11.8 Å². The smallest absolute Gasteiger partial charge is 0.341 e. The van der Waals surface area contributed by atoms with Gasteiger partial charge in [0.2, 0.25) is 0 Å². The number of hydrogen-bond donors (Lipinski definition) is 2. The van der Waals surface area contributed by atoms with Gasteiger partial charge in [0.25, 0.3) is 0 Å². The fourth-order valence-corrected chi connectivity index (χ4v) is 3.76. The van der Waals surface area contributed by atoms with Gasteiger partial charge in [-0.2, -0.15) is 0 Å². The predicted octanol–water partition coefficient (Wildman–Crippen LogP) is 4.01. The zero-order valence-electron chi connectivity index (χ0n) is 18.2. The van der Waals surface area contributed by atoms with Gasteiger partial charge in [0.1, 0.15) is 5.82 Å². The van der Waals surface area contributed by atoms with Crippen LogP contribution in [0.4, 0.5) is 9.18 Å². The van der Waals surface area contributed by atoms with Crippen molar-refractivity contribution in [1.82, 2.24) is 15.5 Å². The lowest BCUT2D eigenvalue weighted by molar-refractivity contribution is -0.0287. The molecule has 1 fully saturated rings. The van der Waals surface area contributed by atoms with Crippen LogP contribution in [0.3, 0.4) is 0 Å². The van der Waals surface area contributed by atoms with Crippen molar-refractivity contribution in [3.05, 3.63) is 69.0 Å². The van der Waals surface area contributed by atoms with Crippen molar-refractivity contribution >= 4 is 35.2 Å². The summed E-state index contributed by atoms with van der Waals surface area (Å²) in [6.45, 7) is 4.95. The number of carbonyl (C=O) groups is 2. The molecule has 7 nitrogen and oxygen atoms in total. The number of benzene rings is 2. The molecule has 0 spiro atoms. The molecule has 0 unspecified atom stereocenters. The largest absolute Gasteiger partial charge is 0.462 e. The van der Waals surface area contributed by atoms with E-state index in [0.29, 0.717) is 41.8 Å². The van der Waals surface area contributed by atoms with Crippen molar-refractivity contribution in [3.63, 3.8) is 0 Å². The number of ether oxygens (including phenoxy) is 2. The summed E-state index contributed by atoms with van der Waals surface area (Å²) in [5.41, 5.74) is 1.47. The van der Waals surface area contributed by atoms with Crippen LogP contribution in [-0.2, 0) is 22.6 Å². The quantitative estimate of drug-likeness (QED) is 0.538.